The number of aromatic nitrogens is 1. The van der Waals surface area contributed by atoms with Crippen LogP contribution in [0.4, 0.5) is 23.7 Å². The molecule has 0 aliphatic carbocycles. The van der Waals surface area contributed by atoms with Gasteiger partial charge in [0.15, 0.2) is 0 Å². The summed E-state index contributed by atoms with van der Waals surface area (Å²) >= 11 is 5.87. The number of pyridine rings is 1. The molecule has 1 aromatic heterocycles. The Bertz CT molecular complexity index is 844. The van der Waals surface area contributed by atoms with Crippen molar-refractivity contribution in [3.05, 3.63) is 58.4 Å². The zero-order valence-corrected chi connectivity index (χ0v) is 14.8. The number of anilines is 1. The molecule has 0 saturated heterocycles. The molecule has 2 aromatic rings. The lowest BCUT2D eigenvalue weighted by molar-refractivity contribution is -0.137. The molecule has 27 heavy (non-hydrogen) atoms. The summed E-state index contributed by atoms with van der Waals surface area (Å²) in [7, 11) is 0. The second-order valence-electron chi connectivity index (χ2n) is 5.26. The van der Waals surface area contributed by atoms with Crippen molar-refractivity contribution < 1.29 is 27.5 Å². The number of alkyl halides is 3. The van der Waals surface area contributed by atoms with Crippen LogP contribution in [-0.4, -0.2) is 23.6 Å². The summed E-state index contributed by atoms with van der Waals surface area (Å²) in [6, 6.07) is 5.41. The van der Waals surface area contributed by atoms with Crippen LogP contribution < -0.4 is 10.6 Å². The van der Waals surface area contributed by atoms with E-state index in [1.807, 2.05) is 0 Å². The predicted molar refractivity (Wildman–Crippen MR) is 92.5 cm³/mol. The first-order valence-corrected chi connectivity index (χ1v) is 8.12. The molecule has 6 nitrogen and oxygen atoms in total. The second-order valence-corrected chi connectivity index (χ2v) is 5.66. The van der Waals surface area contributed by atoms with Crippen molar-refractivity contribution in [3.8, 4) is 0 Å². The van der Waals surface area contributed by atoms with Crippen LogP contribution in [0.15, 0.2) is 36.5 Å². The molecule has 1 aromatic carbocycles. The van der Waals surface area contributed by atoms with Crippen LogP contribution >= 0.6 is 11.6 Å². The minimum atomic E-state index is -4.56. The van der Waals surface area contributed by atoms with Crippen LogP contribution in [0.1, 0.15) is 28.5 Å². The number of hydrogen-bond acceptors (Lipinski definition) is 4. The average molecular weight is 402 g/mol. The van der Waals surface area contributed by atoms with E-state index in [-0.39, 0.29) is 29.4 Å². The number of ether oxygens (including phenoxy) is 1. The van der Waals surface area contributed by atoms with Crippen molar-refractivity contribution in [3.63, 3.8) is 0 Å². The zero-order chi connectivity index (χ0) is 20.0. The standard InChI is InChI=1S/C17H15ClF3N3O3/c1-2-27-16(26)23-9-12-7-10(5-6-22-12)15(25)24-14-8-11(17(19,20)21)3-4-13(14)18/h3-8H,2,9H2,1H3,(H,23,26)(H,24,25). The highest BCUT2D eigenvalue weighted by Crippen LogP contribution is 2.33. The Morgan fingerprint density at radius 2 is 1.96 bits per heavy atom. The van der Waals surface area contributed by atoms with Gasteiger partial charge in [-0.15, -0.1) is 0 Å². The number of halogens is 4. The average Bonchev–Trinajstić information content (AvgIpc) is 2.61. The fraction of sp³-hybridized carbons (Fsp3) is 0.235. The largest absolute Gasteiger partial charge is 0.450 e. The fourth-order valence-electron chi connectivity index (χ4n) is 2.05. The smallest absolute Gasteiger partial charge is 0.416 e. The molecule has 0 radical (unpaired) electrons. The number of carbonyl (C=O) groups is 2. The summed E-state index contributed by atoms with van der Waals surface area (Å²) in [6.07, 6.45) is -3.86. The van der Waals surface area contributed by atoms with Gasteiger partial charge in [-0.25, -0.2) is 4.79 Å². The molecule has 2 amide bonds. The maximum absolute atomic E-state index is 12.8. The lowest BCUT2D eigenvalue weighted by Gasteiger charge is -2.12. The van der Waals surface area contributed by atoms with E-state index in [0.717, 1.165) is 18.2 Å². The van der Waals surface area contributed by atoms with E-state index in [4.69, 9.17) is 16.3 Å². The van der Waals surface area contributed by atoms with E-state index in [9.17, 15) is 22.8 Å². The number of rotatable bonds is 5. The van der Waals surface area contributed by atoms with Gasteiger partial charge in [0, 0.05) is 11.8 Å². The van der Waals surface area contributed by atoms with Crippen LogP contribution in [0.25, 0.3) is 0 Å². The Hall–Kier alpha value is -2.81. The lowest BCUT2D eigenvalue weighted by Crippen LogP contribution is -2.24. The third-order valence-corrected chi connectivity index (χ3v) is 3.64. The lowest BCUT2D eigenvalue weighted by atomic mass is 10.1. The summed E-state index contributed by atoms with van der Waals surface area (Å²) in [5.74, 6) is -0.670. The third-order valence-electron chi connectivity index (χ3n) is 3.31. The molecular formula is C17H15ClF3N3O3. The van der Waals surface area contributed by atoms with Gasteiger partial charge in [-0.3, -0.25) is 9.78 Å². The number of alkyl carbamates (subject to hydrolysis) is 1. The second kappa shape index (κ2) is 8.72. The van der Waals surface area contributed by atoms with Crippen LogP contribution in [0, 0.1) is 0 Å². The van der Waals surface area contributed by atoms with Crippen molar-refractivity contribution in [2.75, 3.05) is 11.9 Å². The first kappa shape index (κ1) is 20.5. The van der Waals surface area contributed by atoms with Gasteiger partial charge in [0.25, 0.3) is 5.91 Å². The van der Waals surface area contributed by atoms with Gasteiger partial charge in [0.2, 0.25) is 0 Å². The highest BCUT2D eigenvalue weighted by atomic mass is 35.5. The van der Waals surface area contributed by atoms with Gasteiger partial charge in [-0.1, -0.05) is 11.6 Å². The van der Waals surface area contributed by atoms with E-state index in [0.29, 0.717) is 5.69 Å². The highest BCUT2D eigenvalue weighted by molar-refractivity contribution is 6.34. The van der Waals surface area contributed by atoms with Gasteiger partial charge in [-0.2, -0.15) is 13.2 Å². The number of nitrogens with zero attached hydrogens (tertiary/aromatic N) is 1. The maximum atomic E-state index is 12.8. The topological polar surface area (TPSA) is 80.3 Å². The van der Waals surface area contributed by atoms with Crippen LogP contribution in [0.5, 0.6) is 0 Å². The minimum absolute atomic E-state index is 0.0181. The molecule has 0 unspecified atom stereocenters. The van der Waals surface area contributed by atoms with E-state index in [2.05, 4.69) is 15.6 Å². The summed E-state index contributed by atoms with van der Waals surface area (Å²) < 4.78 is 43.1. The van der Waals surface area contributed by atoms with Gasteiger partial charge < -0.3 is 15.4 Å². The molecule has 2 rings (SSSR count). The zero-order valence-electron chi connectivity index (χ0n) is 14.1. The molecule has 1 heterocycles. The minimum Gasteiger partial charge on any atom is -0.450 e. The molecule has 0 saturated carbocycles. The normalized spacial score (nSPS) is 11.0. The van der Waals surface area contributed by atoms with Crippen molar-refractivity contribution in [1.82, 2.24) is 10.3 Å². The Labute approximate surface area is 157 Å². The first-order chi connectivity index (χ1) is 12.7. The molecule has 10 heteroatoms. The Balaban J connectivity index is 2.12. The predicted octanol–water partition coefficient (Wildman–Crippen LogP) is 4.25. The third kappa shape index (κ3) is 5.85. The highest BCUT2D eigenvalue weighted by Gasteiger charge is 2.31. The molecule has 2 N–H and O–H groups in total. The van der Waals surface area contributed by atoms with Crippen molar-refractivity contribution in [2.45, 2.75) is 19.6 Å². The maximum Gasteiger partial charge on any atom is 0.416 e. The van der Waals surface area contributed by atoms with Crippen LogP contribution in [0.2, 0.25) is 5.02 Å². The molecule has 0 fully saturated rings. The fourth-order valence-corrected chi connectivity index (χ4v) is 2.22. The van der Waals surface area contributed by atoms with E-state index in [1.165, 1.54) is 18.3 Å². The van der Waals surface area contributed by atoms with Crippen molar-refractivity contribution in [1.29, 1.82) is 0 Å². The number of amides is 2. The molecule has 0 atom stereocenters. The van der Waals surface area contributed by atoms with Gasteiger partial charge in [0.05, 0.1) is 35.1 Å². The molecule has 144 valence electrons. The number of nitrogens with one attached hydrogen (secondary N) is 2. The Morgan fingerprint density at radius 1 is 1.22 bits per heavy atom. The molecule has 0 aliphatic heterocycles. The molecule has 0 bridgehead atoms. The molecular weight excluding hydrogens is 387 g/mol. The van der Waals surface area contributed by atoms with E-state index in [1.54, 1.807) is 6.92 Å². The quantitative estimate of drug-likeness (QED) is 0.784. The van der Waals surface area contributed by atoms with Gasteiger partial charge in [-0.05, 0) is 37.3 Å². The van der Waals surface area contributed by atoms with Crippen molar-refractivity contribution in [2.24, 2.45) is 0 Å². The molecule has 0 aliphatic rings. The van der Waals surface area contributed by atoms with Gasteiger partial charge >= 0.3 is 12.3 Å². The summed E-state index contributed by atoms with van der Waals surface area (Å²) in [6.45, 7) is 1.88. The number of hydrogen-bond donors (Lipinski definition) is 2. The van der Waals surface area contributed by atoms with E-state index >= 15 is 0 Å². The molecule has 0 spiro atoms. The number of carbonyl (C=O) groups excluding carboxylic acids is 2. The van der Waals surface area contributed by atoms with E-state index < -0.39 is 23.7 Å². The van der Waals surface area contributed by atoms with Crippen LogP contribution in [0.3, 0.4) is 0 Å². The first-order valence-electron chi connectivity index (χ1n) is 7.74. The Kier molecular flexibility index (Phi) is 6.62. The Morgan fingerprint density at radius 3 is 2.63 bits per heavy atom. The number of benzene rings is 1. The van der Waals surface area contributed by atoms with Gasteiger partial charge in [0.1, 0.15) is 0 Å². The van der Waals surface area contributed by atoms with Crippen LogP contribution in [-0.2, 0) is 17.5 Å². The SMILES string of the molecule is CCOC(=O)NCc1cc(C(=O)Nc2cc(C(F)(F)F)ccc2Cl)ccn1. The monoisotopic (exact) mass is 401 g/mol. The summed E-state index contributed by atoms with van der Waals surface area (Å²) in [5.41, 5.74) is -0.597. The summed E-state index contributed by atoms with van der Waals surface area (Å²) in [4.78, 5) is 27.6. The van der Waals surface area contributed by atoms with Crippen molar-refractivity contribution >= 4 is 29.3 Å². The summed E-state index contributed by atoms with van der Waals surface area (Å²) in [5, 5.41) is 4.76.